The Kier molecular flexibility index (Phi) is 3.06. The number of nitrogens with two attached hydrogens (primary N) is 1. The highest BCUT2D eigenvalue weighted by Crippen LogP contribution is 2.32. The highest BCUT2D eigenvalue weighted by atomic mass is 19.4. The second-order valence-electron chi connectivity index (χ2n) is 4.53. The number of halogens is 3. The number of hydrogen-bond acceptors (Lipinski definition) is 2. The molecule has 18 heavy (non-hydrogen) atoms. The van der Waals surface area contributed by atoms with Crippen LogP contribution >= 0.6 is 0 Å². The van der Waals surface area contributed by atoms with Crippen molar-refractivity contribution in [2.45, 2.75) is 31.1 Å². The van der Waals surface area contributed by atoms with E-state index in [1.54, 1.807) is 0 Å². The van der Waals surface area contributed by atoms with Gasteiger partial charge in [-0.3, -0.25) is 4.79 Å². The number of amides is 1. The molecule has 1 aromatic rings. The molecule has 0 aliphatic heterocycles. The Morgan fingerprint density at radius 2 is 1.83 bits per heavy atom. The van der Waals surface area contributed by atoms with E-state index in [2.05, 4.69) is 5.32 Å². The van der Waals surface area contributed by atoms with Crippen LogP contribution in [0, 0.1) is 0 Å². The predicted octanol–water partition coefficient (Wildman–Crippen LogP) is 1.81. The fraction of sp³-hybridized carbons (Fsp3) is 0.417. The van der Waals surface area contributed by atoms with Crippen LogP contribution in [0.5, 0.6) is 0 Å². The molecule has 0 spiro atoms. The van der Waals surface area contributed by atoms with E-state index in [1.165, 1.54) is 12.1 Å². The number of rotatable bonds is 3. The van der Waals surface area contributed by atoms with Crippen LogP contribution < -0.4 is 11.1 Å². The Morgan fingerprint density at radius 3 is 2.28 bits per heavy atom. The molecule has 98 valence electrons. The predicted molar refractivity (Wildman–Crippen MR) is 59.4 cm³/mol. The molecule has 1 amide bonds. The van der Waals surface area contributed by atoms with Crippen LogP contribution in [-0.4, -0.2) is 11.4 Å². The third-order valence-electron chi connectivity index (χ3n) is 2.98. The van der Waals surface area contributed by atoms with E-state index < -0.39 is 17.3 Å². The molecule has 1 aliphatic rings. The number of alkyl halides is 3. The highest BCUT2D eigenvalue weighted by Gasteiger charge is 2.45. The molecule has 1 aliphatic carbocycles. The lowest BCUT2D eigenvalue weighted by Crippen LogP contribution is -2.42. The number of carbonyl (C=O) groups excluding carboxylic acids is 1. The van der Waals surface area contributed by atoms with Gasteiger partial charge < -0.3 is 11.1 Å². The maximum atomic E-state index is 12.3. The van der Waals surface area contributed by atoms with Gasteiger partial charge in [0.05, 0.1) is 11.1 Å². The van der Waals surface area contributed by atoms with Gasteiger partial charge in [0.15, 0.2) is 0 Å². The second kappa shape index (κ2) is 4.28. The van der Waals surface area contributed by atoms with Gasteiger partial charge in [-0.05, 0) is 30.5 Å². The molecule has 0 heterocycles. The summed E-state index contributed by atoms with van der Waals surface area (Å²) in [5, 5.41) is 2.61. The molecule has 3 N–H and O–H groups in total. The van der Waals surface area contributed by atoms with Crippen molar-refractivity contribution in [3.63, 3.8) is 0 Å². The summed E-state index contributed by atoms with van der Waals surface area (Å²) >= 11 is 0. The van der Waals surface area contributed by atoms with E-state index in [9.17, 15) is 18.0 Å². The second-order valence-corrected chi connectivity index (χ2v) is 4.53. The van der Waals surface area contributed by atoms with E-state index in [1.807, 2.05) is 0 Å². The van der Waals surface area contributed by atoms with Crippen molar-refractivity contribution in [3.05, 3.63) is 35.4 Å². The third-order valence-corrected chi connectivity index (χ3v) is 2.98. The van der Waals surface area contributed by atoms with Gasteiger partial charge in [-0.25, -0.2) is 0 Å². The van der Waals surface area contributed by atoms with Crippen LogP contribution in [0.15, 0.2) is 24.3 Å². The van der Waals surface area contributed by atoms with Crippen LogP contribution in [0.4, 0.5) is 13.2 Å². The van der Waals surface area contributed by atoms with Gasteiger partial charge >= 0.3 is 6.18 Å². The van der Waals surface area contributed by atoms with Gasteiger partial charge in [-0.15, -0.1) is 0 Å². The molecule has 3 nitrogen and oxygen atoms in total. The van der Waals surface area contributed by atoms with Crippen LogP contribution in [0.2, 0.25) is 0 Å². The van der Waals surface area contributed by atoms with E-state index in [-0.39, 0.29) is 12.5 Å². The first kappa shape index (κ1) is 12.9. The first-order valence-electron chi connectivity index (χ1n) is 5.55. The van der Waals surface area contributed by atoms with Crippen LogP contribution in [0.3, 0.4) is 0 Å². The molecule has 0 radical (unpaired) electrons. The summed E-state index contributed by atoms with van der Waals surface area (Å²) < 4.78 is 36.9. The Balaban J connectivity index is 1.93. The van der Waals surface area contributed by atoms with Crippen LogP contribution in [0.25, 0.3) is 0 Å². The lowest BCUT2D eigenvalue weighted by atomic mass is 10.1. The third kappa shape index (κ3) is 2.81. The van der Waals surface area contributed by atoms with Gasteiger partial charge in [0.2, 0.25) is 5.91 Å². The summed E-state index contributed by atoms with van der Waals surface area (Å²) in [5.74, 6) is -0.248. The first-order valence-corrected chi connectivity index (χ1v) is 5.55. The summed E-state index contributed by atoms with van der Waals surface area (Å²) in [5.41, 5.74) is 4.83. The minimum absolute atomic E-state index is 0.190. The molecule has 1 aromatic carbocycles. The van der Waals surface area contributed by atoms with Crippen molar-refractivity contribution in [1.82, 2.24) is 5.32 Å². The van der Waals surface area contributed by atoms with Crippen LogP contribution in [-0.2, 0) is 17.5 Å². The van der Waals surface area contributed by atoms with Crippen molar-refractivity contribution < 1.29 is 18.0 Å². The van der Waals surface area contributed by atoms with Crippen LogP contribution in [0.1, 0.15) is 24.0 Å². The van der Waals surface area contributed by atoms with E-state index in [0.717, 1.165) is 12.1 Å². The Bertz CT molecular complexity index is 449. The molecule has 0 atom stereocenters. The lowest BCUT2D eigenvalue weighted by molar-refractivity contribution is -0.137. The normalized spacial score (nSPS) is 17.3. The maximum absolute atomic E-state index is 12.3. The van der Waals surface area contributed by atoms with Crippen molar-refractivity contribution in [2.75, 3.05) is 0 Å². The summed E-state index contributed by atoms with van der Waals surface area (Å²) in [6, 6.07) is 4.69. The standard InChI is InChI=1S/C12H13F3N2O/c13-12(14,15)9-3-1-8(2-4-9)7-17-10(18)11(16)5-6-11/h1-4H,5-7,16H2,(H,17,18). The molecule has 0 bridgehead atoms. The first-order chi connectivity index (χ1) is 8.31. The van der Waals surface area contributed by atoms with Crippen molar-refractivity contribution >= 4 is 5.91 Å². The quantitative estimate of drug-likeness (QED) is 0.868. The smallest absolute Gasteiger partial charge is 0.350 e. The zero-order valence-electron chi connectivity index (χ0n) is 9.55. The molecular formula is C12H13F3N2O. The zero-order chi connectivity index (χ0) is 13.4. The summed E-state index contributed by atoms with van der Waals surface area (Å²) in [6.45, 7) is 0.190. The average molecular weight is 258 g/mol. The molecule has 0 unspecified atom stereocenters. The maximum Gasteiger partial charge on any atom is 0.416 e. The molecule has 2 rings (SSSR count). The summed E-state index contributed by atoms with van der Waals surface area (Å²) in [7, 11) is 0. The SMILES string of the molecule is NC1(C(=O)NCc2ccc(C(F)(F)F)cc2)CC1. The fourth-order valence-electron chi connectivity index (χ4n) is 1.53. The Morgan fingerprint density at radius 1 is 1.28 bits per heavy atom. The number of nitrogens with one attached hydrogen (secondary N) is 1. The highest BCUT2D eigenvalue weighted by molar-refractivity contribution is 5.88. The topological polar surface area (TPSA) is 55.1 Å². The van der Waals surface area contributed by atoms with Gasteiger partial charge in [0.25, 0.3) is 0 Å². The number of benzene rings is 1. The van der Waals surface area contributed by atoms with E-state index in [0.29, 0.717) is 18.4 Å². The summed E-state index contributed by atoms with van der Waals surface area (Å²) in [4.78, 5) is 11.5. The minimum atomic E-state index is -4.34. The zero-order valence-corrected chi connectivity index (χ0v) is 9.55. The number of hydrogen-bond donors (Lipinski definition) is 2. The van der Waals surface area contributed by atoms with Crippen molar-refractivity contribution in [2.24, 2.45) is 5.73 Å². The van der Waals surface area contributed by atoms with Crippen molar-refractivity contribution in [3.8, 4) is 0 Å². The van der Waals surface area contributed by atoms with Crippen molar-refractivity contribution in [1.29, 1.82) is 0 Å². The Hall–Kier alpha value is -1.56. The summed E-state index contributed by atoms with van der Waals surface area (Å²) in [6.07, 6.45) is -3.02. The fourth-order valence-corrected chi connectivity index (χ4v) is 1.53. The molecule has 1 saturated carbocycles. The minimum Gasteiger partial charge on any atom is -0.350 e. The largest absolute Gasteiger partial charge is 0.416 e. The van der Waals surface area contributed by atoms with Gasteiger partial charge in [0.1, 0.15) is 0 Å². The van der Waals surface area contributed by atoms with E-state index >= 15 is 0 Å². The van der Waals surface area contributed by atoms with Gasteiger partial charge in [0, 0.05) is 6.54 Å². The number of carbonyl (C=O) groups is 1. The molecule has 0 saturated heterocycles. The lowest BCUT2D eigenvalue weighted by Gasteiger charge is -2.11. The molecular weight excluding hydrogens is 245 g/mol. The molecule has 0 aromatic heterocycles. The average Bonchev–Trinajstić information content (AvgIpc) is 3.05. The van der Waals surface area contributed by atoms with Gasteiger partial charge in [-0.2, -0.15) is 13.2 Å². The molecule has 1 fully saturated rings. The molecule has 6 heteroatoms. The monoisotopic (exact) mass is 258 g/mol. The Labute approximate surface area is 102 Å². The van der Waals surface area contributed by atoms with E-state index in [4.69, 9.17) is 5.73 Å². The van der Waals surface area contributed by atoms with Gasteiger partial charge in [-0.1, -0.05) is 12.1 Å².